The van der Waals surface area contributed by atoms with Gasteiger partial charge in [0.05, 0.1) is 12.0 Å². The maximum Gasteiger partial charge on any atom is 0.235 e. The van der Waals surface area contributed by atoms with Crippen LogP contribution in [-0.2, 0) is 10.2 Å². The van der Waals surface area contributed by atoms with E-state index in [1.807, 2.05) is 60.7 Å². The molecule has 4 heteroatoms. The summed E-state index contributed by atoms with van der Waals surface area (Å²) in [7, 11) is 0. The van der Waals surface area contributed by atoms with Crippen LogP contribution in [0.4, 0.5) is 5.69 Å². The molecule has 156 valence electrons. The Morgan fingerprint density at radius 2 is 1.67 bits per heavy atom. The fraction of sp³-hybridized carbons (Fsp3) is 0.346. The van der Waals surface area contributed by atoms with Gasteiger partial charge in [0, 0.05) is 21.5 Å². The molecule has 30 heavy (non-hydrogen) atoms. The molecule has 3 aromatic carbocycles. The zero-order chi connectivity index (χ0) is 21.1. The van der Waals surface area contributed by atoms with Gasteiger partial charge >= 0.3 is 0 Å². The molecule has 0 saturated heterocycles. The SMILES string of the molecule is CC(C)COc1ccc(NC(=O)C2(c3ccc(Cl)cc3)CCCC2)c2ccccc12. The van der Waals surface area contributed by atoms with Gasteiger partial charge in [0.1, 0.15) is 5.75 Å². The average molecular weight is 422 g/mol. The number of rotatable bonds is 6. The molecule has 0 atom stereocenters. The number of halogens is 1. The lowest BCUT2D eigenvalue weighted by Crippen LogP contribution is -2.38. The Morgan fingerprint density at radius 1 is 1.00 bits per heavy atom. The highest BCUT2D eigenvalue weighted by molar-refractivity contribution is 6.30. The number of fused-ring (bicyclic) bond motifs is 1. The van der Waals surface area contributed by atoms with E-state index in [-0.39, 0.29) is 5.91 Å². The topological polar surface area (TPSA) is 38.3 Å². The zero-order valence-corrected chi connectivity index (χ0v) is 18.3. The van der Waals surface area contributed by atoms with Gasteiger partial charge in [-0.3, -0.25) is 4.79 Å². The lowest BCUT2D eigenvalue weighted by atomic mass is 9.78. The molecule has 0 unspecified atom stereocenters. The second kappa shape index (κ2) is 8.69. The summed E-state index contributed by atoms with van der Waals surface area (Å²) in [5.41, 5.74) is 1.37. The van der Waals surface area contributed by atoms with Gasteiger partial charge in [0.25, 0.3) is 0 Å². The monoisotopic (exact) mass is 421 g/mol. The van der Waals surface area contributed by atoms with Crippen molar-refractivity contribution in [1.82, 2.24) is 0 Å². The molecule has 3 aromatic rings. The quantitative estimate of drug-likeness (QED) is 0.466. The number of carbonyl (C=O) groups excluding carboxylic acids is 1. The van der Waals surface area contributed by atoms with Gasteiger partial charge in [0.15, 0.2) is 0 Å². The summed E-state index contributed by atoms with van der Waals surface area (Å²) in [5.74, 6) is 1.36. The predicted octanol–water partition coefficient (Wildman–Crippen LogP) is 6.98. The Kier molecular flexibility index (Phi) is 6.01. The highest BCUT2D eigenvalue weighted by Crippen LogP contribution is 2.43. The predicted molar refractivity (Wildman–Crippen MR) is 125 cm³/mol. The van der Waals surface area contributed by atoms with Crippen LogP contribution in [0.1, 0.15) is 45.1 Å². The van der Waals surface area contributed by atoms with E-state index in [1.165, 1.54) is 0 Å². The molecule has 1 saturated carbocycles. The van der Waals surface area contributed by atoms with Crippen LogP contribution in [0.25, 0.3) is 10.8 Å². The standard InChI is InChI=1S/C26H28ClNO2/c1-18(2)17-30-24-14-13-23(21-7-3-4-8-22(21)24)28-25(29)26(15-5-6-16-26)19-9-11-20(27)12-10-19/h3-4,7-14,18H,5-6,15-17H2,1-2H3,(H,28,29). The summed E-state index contributed by atoms with van der Waals surface area (Å²) in [5, 5.41) is 5.95. The maximum absolute atomic E-state index is 13.6. The molecule has 0 aromatic heterocycles. The summed E-state index contributed by atoms with van der Waals surface area (Å²) >= 11 is 6.09. The van der Waals surface area contributed by atoms with Crippen molar-refractivity contribution in [3.05, 3.63) is 71.2 Å². The van der Waals surface area contributed by atoms with E-state index in [0.29, 0.717) is 17.5 Å². The number of amides is 1. The van der Waals surface area contributed by atoms with Crippen molar-refractivity contribution in [1.29, 1.82) is 0 Å². The third-order valence-corrected chi connectivity index (χ3v) is 6.24. The van der Waals surface area contributed by atoms with Crippen molar-refractivity contribution >= 4 is 34.0 Å². The largest absolute Gasteiger partial charge is 0.493 e. The van der Waals surface area contributed by atoms with Gasteiger partial charge in [-0.1, -0.05) is 74.7 Å². The van der Waals surface area contributed by atoms with E-state index in [2.05, 4.69) is 19.2 Å². The first-order valence-electron chi connectivity index (χ1n) is 10.7. The minimum Gasteiger partial charge on any atom is -0.493 e. The lowest BCUT2D eigenvalue weighted by molar-refractivity contribution is -0.121. The van der Waals surface area contributed by atoms with Crippen LogP contribution in [0.2, 0.25) is 5.02 Å². The Labute approximate surface area is 183 Å². The van der Waals surface area contributed by atoms with Gasteiger partial charge in [-0.15, -0.1) is 0 Å². The number of benzene rings is 3. The number of hydrogen-bond acceptors (Lipinski definition) is 2. The molecule has 0 spiro atoms. The maximum atomic E-state index is 13.6. The van der Waals surface area contributed by atoms with E-state index in [4.69, 9.17) is 16.3 Å². The molecule has 1 fully saturated rings. The first-order chi connectivity index (χ1) is 14.5. The molecule has 1 aliphatic carbocycles. The number of anilines is 1. The van der Waals surface area contributed by atoms with Gasteiger partial charge in [-0.25, -0.2) is 0 Å². The third kappa shape index (κ3) is 4.04. The van der Waals surface area contributed by atoms with Crippen molar-refractivity contribution in [2.75, 3.05) is 11.9 Å². The second-order valence-electron chi connectivity index (χ2n) is 8.61. The molecule has 1 aliphatic rings. The number of hydrogen-bond donors (Lipinski definition) is 1. The van der Waals surface area contributed by atoms with Gasteiger partial charge < -0.3 is 10.1 Å². The average Bonchev–Trinajstić information content (AvgIpc) is 3.25. The molecular formula is C26H28ClNO2. The van der Waals surface area contributed by atoms with Crippen LogP contribution >= 0.6 is 11.6 Å². The summed E-state index contributed by atoms with van der Waals surface area (Å²) in [6.07, 6.45) is 3.82. The van der Waals surface area contributed by atoms with Crippen molar-refractivity contribution < 1.29 is 9.53 Å². The first-order valence-corrected chi connectivity index (χ1v) is 11.1. The van der Waals surface area contributed by atoms with Crippen molar-refractivity contribution in [3.63, 3.8) is 0 Å². The summed E-state index contributed by atoms with van der Waals surface area (Å²) in [6.45, 7) is 4.93. The van der Waals surface area contributed by atoms with Gasteiger partial charge in [-0.05, 0) is 48.6 Å². The summed E-state index contributed by atoms with van der Waals surface area (Å²) < 4.78 is 6.02. The molecule has 3 nitrogen and oxygen atoms in total. The second-order valence-corrected chi connectivity index (χ2v) is 9.05. The number of nitrogens with one attached hydrogen (secondary N) is 1. The minimum atomic E-state index is -0.501. The normalized spacial score (nSPS) is 15.5. The van der Waals surface area contributed by atoms with Crippen LogP contribution in [0.3, 0.4) is 0 Å². The van der Waals surface area contributed by atoms with Crippen LogP contribution in [0.15, 0.2) is 60.7 Å². The number of carbonyl (C=O) groups is 1. The summed E-state index contributed by atoms with van der Waals surface area (Å²) in [4.78, 5) is 13.6. The van der Waals surface area contributed by atoms with E-state index in [9.17, 15) is 4.79 Å². The molecule has 0 bridgehead atoms. The lowest BCUT2D eigenvalue weighted by Gasteiger charge is -2.29. The highest BCUT2D eigenvalue weighted by atomic mass is 35.5. The molecular weight excluding hydrogens is 394 g/mol. The molecule has 1 N–H and O–H groups in total. The van der Waals surface area contributed by atoms with Crippen molar-refractivity contribution in [2.24, 2.45) is 5.92 Å². The van der Waals surface area contributed by atoms with E-state index in [0.717, 1.165) is 53.5 Å². The van der Waals surface area contributed by atoms with E-state index in [1.54, 1.807) is 0 Å². The fourth-order valence-corrected chi connectivity index (χ4v) is 4.52. The van der Waals surface area contributed by atoms with E-state index < -0.39 is 5.41 Å². The molecule has 4 rings (SSSR count). The Bertz CT molecular complexity index is 1040. The molecule has 0 aliphatic heterocycles. The van der Waals surface area contributed by atoms with Crippen molar-refractivity contribution in [3.8, 4) is 5.75 Å². The van der Waals surface area contributed by atoms with Gasteiger partial charge in [0.2, 0.25) is 5.91 Å². The number of ether oxygens (including phenoxy) is 1. The molecule has 0 radical (unpaired) electrons. The third-order valence-electron chi connectivity index (χ3n) is 5.99. The van der Waals surface area contributed by atoms with Crippen LogP contribution in [0.5, 0.6) is 5.75 Å². The fourth-order valence-electron chi connectivity index (χ4n) is 4.40. The Balaban J connectivity index is 1.67. The van der Waals surface area contributed by atoms with E-state index >= 15 is 0 Å². The smallest absolute Gasteiger partial charge is 0.235 e. The Morgan fingerprint density at radius 3 is 2.33 bits per heavy atom. The minimum absolute atomic E-state index is 0.0586. The molecule has 0 heterocycles. The highest BCUT2D eigenvalue weighted by Gasteiger charge is 2.42. The van der Waals surface area contributed by atoms with Crippen LogP contribution < -0.4 is 10.1 Å². The van der Waals surface area contributed by atoms with Crippen LogP contribution in [0, 0.1) is 5.92 Å². The van der Waals surface area contributed by atoms with Gasteiger partial charge in [-0.2, -0.15) is 0 Å². The van der Waals surface area contributed by atoms with Crippen molar-refractivity contribution in [2.45, 2.75) is 44.9 Å². The summed E-state index contributed by atoms with van der Waals surface area (Å²) in [6, 6.07) is 19.7. The van der Waals surface area contributed by atoms with Crippen LogP contribution in [-0.4, -0.2) is 12.5 Å². The zero-order valence-electron chi connectivity index (χ0n) is 17.6. The molecule has 1 amide bonds. The first kappa shape index (κ1) is 20.7. The Hall–Kier alpha value is -2.52.